The highest BCUT2D eigenvalue weighted by molar-refractivity contribution is 5.88. The molecular weight excluding hydrogens is 862 g/mol. The summed E-state index contributed by atoms with van der Waals surface area (Å²) in [5.41, 5.74) is -6.98. The fourth-order valence-corrected chi connectivity index (χ4v) is 9.30. The highest BCUT2D eigenvalue weighted by Gasteiger charge is 2.54. The first kappa shape index (κ1) is 58.2. The molecule has 65 heavy (non-hydrogen) atoms. The van der Waals surface area contributed by atoms with Gasteiger partial charge in [-0.3, -0.25) is 19.2 Å². The number of nitrogens with zero attached hydrogens (tertiary/aromatic N) is 1. The number of ether oxygens (including phenoxy) is 7. The van der Waals surface area contributed by atoms with Crippen LogP contribution in [0.4, 0.5) is 0 Å². The zero-order valence-corrected chi connectivity index (χ0v) is 40.3. The third-order valence-electron chi connectivity index (χ3n) is 13.6. The number of Topliss-reactive ketones (excluding diaryl/α,β-unsaturated/α-hetero) is 1. The molecule has 0 saturated carbocycles. The molecule has 21 nitrogen and oxygen atoms in total. The molecule has 0 radical (unpaired) electrons. The molecule has 0 aromatic carbocycles. The Labute approximate surface area is 381 Å². The number of hydrogen-bond donors (Lipinski definition) is 8. The number of carboxylic acid groups (broad SMARTS) is 3. The first-order chi connectivity index (χ1) is 29.8. The Hall–Kier alpha value is -2.93. The van der Waals surface area contributed by atoms with Crippen molar-refractivity contribution < 1.29 is 98.0 Å². The lowest BCUT2D eigenvalue weighted by atomic mass is 9.74. The lowest BCUT2D eigenvalue weighted by molar-refractivity contribution is -0.319. The third kappa shape index (κ3) is 14.1. The molecule has 0 aromatic rings. The number of esters is 1. The van der Waals surface area contributed by atoms with Crippen molar-refractivity contribution in [2.75, 3.05) is 28.3 Å². The fourth-order valence-electron chi connectivity index (χ4n) is 9.30. The molecule has 3 aliphatic heterocycles. The molecule has 3 heterocycles. The van der Waals surface area contributed by atoms with Crippen LogP contribution < -0.4 is 0 Å². The standard InChI is InChI=1S/C38H69NO13.C6H8O7/c1-15-26-38(10,45)31(42)21(4)28(40)19(2)17-37(9,47-14)33(52-35-29(41)25(39(11)12)16-20(3)48-35)22(5)30(23(6)34(44)50-26)51-27-18-36(8,46-13)32(43)24(7)49-27;7-3(8)1-6(13,5(11)12)2-4(9)10/h19-27,29-33,35,41-43,45H,15-18H2,1-14H3;13H,1-2H2,(H,7,8)(H,9,10)(H,11,12)/t19-,20-,21+,22?,23-,24+,25+,26-,27+,29-,30+,31-,32+,33-,35+,36-,37-,38-;/m1./s1. The molecular formula is C44H77NO20. The second kappa shape index (κ2) is 23.4. The van der Waals surface area contributed by atoms with Crippen LogP contribution in [-0.2, 0) is 57.1 Å². The number of aliphatic hydroxyl groups is 5. The van der Waals surface area contributed by atoms with Crippen molar-refractivity contribution in [3.05, 3.63) is 0 Å². The van der Waals surface area contributed by atoms with Gasteiger partial charge < -0.3 is 78.9 Å². The van der Waals surface area contributed by atoms with E-state index >= 15 is 0 Å². The number of ketones is 1. The Bertz CT molecular complexity index is 1600. The largest absolute Gasteiger partial charge is 0.481 e. The SMILES string of the molecule is CC[C@H]1OC(=O)[C@H](C)[C@@H](O[C@H]2C[C@@](C)(OC)[C@@H](O)[C@H](C)O2)C(C)[C@@H](O[C@@H]2O[C@H](C)C[C@H](N(C)C)[C@H]2O)[C@](C)(OC)C[C@@H](C)C(=O)[C@H](C)[C@@H](O)[C@]1(C)O.O=C(O)CC(O)(CC(=O)O)C(=O)O. The fraction of sp³-hybridized carbons (Fsp3) is 0.886. The van der Waals surface area contributed by atoms with Crippen molar-refractivity contribution in [3.8, 4) is 0 Å². The average Bonchev–Trinajstić information content (AvgIpc) is 3.21. The summed E-state index contributed by atoms with van der Waals surface area (Å²) in [5, 5.41) is 79.4. The number of aliphatic carboxylic acids is 3. The van der Waals surface area contributed by atoms with E-state index < -0.39 is 138 Å². The first-order valence-corrected chi connectivity index (χ1v) is 22.1. The summed E-state index contributed by atoms with van der Waals surface area (Å²) >= 11 is 0. The van der Waals surface area contributed by atoms with Crippen LogP contribution in [0.3, 0.4) is 0 Å². The Morgan fingerprint density at radius 3 is 1.82 bits per heavy atom. The van der Waals surface area contributed by atoms with Gasteiger partial charge in [0, 0.05) is 44.4 Å². The lowest BCUT2D eigenvalue weighted by Gasteiger charge is -2.50. The van der Waals surface area contributed by atoms with Gasteiger partial charge in [0.15, 0.2) is 18.2 Å². The van der Waals surface area contributed by atoms with E-state index in [9.17, 15) is 44.4 Å². The molecule has 0 bridgehead atoms. The summed E-state index contributed by atoms with van der Waals surface area (Å²) in [4.78, 5) is 60.6. The van der Waals surface area contributed by atoms with Crippen LogP contribution in [0.15, 0.2) is 0 Å². The van der Waals surface area contributed by atoms with Crippen molar-refractivity contribution in [1.82, 2.24) is 4.90 Å². The summed E-state index contributed by atoms with van der Waals surface area (Å²) in [5.74, 6) is -9.49. The number of rotatable bonds is 13. The molecule has 3 fully saturated rings. The summed E-state index contributed by atoms with van der Waals surface area (Å²) in [6.07, 6.45) is -11.0. The molecule has 3 saturated heterocycles. The molecule has 8 N–H and O–H groups in total. The van der Waals surface area contributed by atoms with Crippen LogP contribution in [-0.4, -0.2) is 194 Å². The number of carbonyl (C=O) groups excluding carboxylic acids is 2. The normalized spacial score (nSPS) is 41.4. The van der Waals surface area contributed by atoms with Crippen LogP contribution in [0.1, 0.15) is 108 Å². The first-order valence-electron chi connectivity index (χ1n) is 22.1. The molecule has 378 valence electrons. The van der Waals surface area contributed by atoms with Crippen LogP contribution >= 0.6 is 0 Å². The number of cyclic esters (lactones) is 1. The molecule has 3 rings (SSSR count). The highest BCUT2D eigenvalue weighted by Crippen LogP contribution is 2.42. The second-order valence-electron chi connectivity index (χ2n) is 19.1. The monoisotopic (exact) mass is 940 g/mol. The van der Waals surface area contributed by atoms with Gasteiger partial charge in [-0.15, -0.1) is 0 Å². The van der Waals surface area contributed by atoms with Crippen LogP contribution in [0.2, 0.25) is 0 Å². The number of likely N-dealkylation sites (N-methyl/N-ethyl adjacent to an activating group) is 1. The minimum atomic E-state index is -2.74. The molecule has 21 heteroatoms. The van der Waals surface area contributed by atoms with Gasteiger partial charge in [-0.25, -0.2) is 4.79 Å². The van der Waals surface area contributed by atoms with Gasteiger partial charge in [-0.1, -0.05) is 27.7 Å². The van der Waals surface area contributed by atoms with Crippen LogP contribution in [0, 0.1) is 23.7 Å². The van der Waals surface area contributed by atoms with Gasteiger partial charge >= 0.3 is 23.9 Å². The Morgan fingerprint density at radius 2 is 1.35 bits per heavy atom. The molecule has 3 aliphatic rings. The summed E-state index contributed by atoms with van der Waals surface area (Å²) in [6, 6.07) is -0.283. The predicted molar refractivity (Wildman–Crippen MR) is 228 cm³/mol. The Morgan fingerprint density at radius 1 is 0.815 bits per heavy atom. The Kier molecular flexibility index (Phi) is 20.9. The maximum atomic E-state index is 14.2. The van der Waals surface area contributed by atoms with Gasteiger partial charge in [0.25, 0.3) is 0 Å². The molecule has 0 aliphatic carbocycles. The van der Waals surface area contributed by atoms with Crippen LogP contribution in [0.5, 0.6) is 0 Å². The number of carboxylic acids is 3. The number of carbonyl (C=O) groups is 5. The van der Waals surface area contributed by atoms with E-state index in [4.69, 9.17) is 53.6 Å². The zero-order chi connectivity index (χ0) is 50.3. The topological polar surface area (TPSA) is 315 Å². The van der Waals surface area contributed by atoms with E-state index in [2.05, 4.69) is 0 Å². The van der Waals surface area contributed by atoms with Crippen molar-refractivity contribution >= 4 is 29.7 Å². The third-order valence-corrected chi connectivity index (χ3v) is 13.6. The van der Waals surface area contributed by atoms with Crippen molar-refractivity contribution in [2.45, 2.75) is 198 Å². The number of aliphatic hydroxyl groups excluding tert-OH is 3. The second-order valence-corrected chi connectivity index (χ2v) is 19.1. The van der Waals surface area contributed by atoms with E-state index in [0.717, 1.165) is 0 Å². The van der Waals surface area contributed by atoms with Crippen molar-refractivity contribution in [3.63, 3.8) is 0 Å². The summed E-state index contributed by atoms with van der Waals surface area (Å²) in [6.45, 7) is 17.1. The molecule has 1 unspecified atom stereocenters. The van der Waals surface area contributed by atoms with E-state index in [1.54, 1.807) is 48.5 Å². The quantitative estimate of drug-likeness (QED) is 0.120. The van der Waals surface area contributed by atoms with Gasteiger partial charge in [-0.05, 0) is 74.9 Å². The van der Waals surface area contributed by atoms with Gasteiger partial charge in [-0.2, -0.15) is 0 Å². The average molecular weight is 940 g/mol. The smallest absolute Gasteiger partial charge is 0.336 e. The molecule has 0 spiro atoms. The number of methoxy groups -OCH3 is 2. The minimum Gasteiger partial charge on any atom is -0.481 e. The van der Waals surface area contributed by atoms with Gasteiger partial charge in [0.1, 0.15) is 29.7 Å². The minimum absolute atomic E-state index is 0.111. The molecule has 0 aromatic heterocycles. The van der Waals surface area contributed by atoms with E-state index in [1.807, 2.05) is 32.8 Å². The van der Waals surface area contributed by atoms with Crippen molar-refractivity contribution in [1.29, 1.82) is 0 Å². The van der Waals surface area contributed by atoms with E-state index in [-0.39, 0.29) is 37.2 Å². The highest BCUT2D eigenvalue weighted by atomic mass is 16.7. The maximum absolute atomic E-state index is 14.2. The summed E-state index contributed by atoms with van der Waals surface area (Å²) in [7, 11) is 6.77. The number of hydrogen-bond acceptors (Lipinski definition) is 18. The van der Waals surface area contributed by atoms with Crippen molar-refractivity contribution in [2.24, 2.45) is 23.7 Å². The summed E-state index contributed by atoms with van der Waals surface area (Å²) < 4.78 is 43.9. The lowest BCUT2D eigenvalue weighted by Crippen LogP contribution is -2.61. The van der Waals surface area contributed by atoms with Gasteiger partial charge in [0.05, 0.1) is 60.5 Å². The van der Waals surface area contributed by atoms with Gasteiger partial charge in [0.2, 0.25) is 0 Å². The Balaban J connectivity index is 0.000000965. The predicted octanol–water partition coefficient (Wildman–Crippen LogP) is 1.19. The van der Waals surface area contributed by atoms with Crippen LogP contribution in [0.25, 0.3) is 0 Å². The maximum Gasteiger partial charge on any atom is 0.336 e. The van der Waals surface area contributed by atoms with E-state index in [1.165, 1.54) is 21.1 Å². The zero-order valence-electron chi connectivity index (χ0n) is 40.3. The van der Waals surface area contributed by atoms with E-state index in [0.29, 0.717) is 6.42 Å². The molecule has 0 amide bonds. The molecule has 18 atom stereocenters.